The van der Waals surface area contributed by atoms with E-state index in [0.29, 0.717) is 11.1 Å². The monoisotopic (exact) mass is 287 g/mol. The number of halogens is 1. The Balaban J connectivity index is 2.09. The normalized spacial score (nSPS) is 11.7. The fourth-order valence-corrected chi connectivity index (χ4v) is 1.87. The largest absolute Gasteiger partial charge is 0.368 e. The van der Waals surface area contributed by atoms with Crippen molar-refractivity contribution in [1.29, 1.82) is 0 Å². The van der Waals surface area contributed by atoms with Gasteiger partial charge in [-0.2, -0.15) is 0 Å². The minimum atomic E-state index is -0.910. The summed E-state index contributed by atoms with van der Waals surface area (Å²) in [6.45, 7) is 0. The Kier molecular flexibility index (Phi) is 4.61. The van der Waals surface area contributed by atoms with Crippen LogP contribution in [0, 0.1) is 5.82 Å². The second-order valence-electron chi connectivity index (χ2n) is 4.50. The minimum Gasteiger partial charge on any atom is -0.368 e. The molecule has 1 aromatic carbocycles. The van der Waals surface area contributed by atoms with E-state index in [9.17, 15) is 14.0 Å². The number of benzene rings is 1. The standard InChI is InChI=1S/C15H14FN3O2/c16-12-3-1-2-10(8-12)9-13(14(17)20)19-15(21)11-4-6-18-7-5-11/h1-8,13H,9H2,(H2,17,20)(H,19,21)/t13-/m1/s1. The second kappa shape index (κ2) is 6.60. The number of hydrogen-bond acceptors (Lipinski definition) is 3. The van der Waals surface area contributed by atoms with E-state index in [-0.39, 0.29) is 6.42 Å². The molecule has 0 aliphatic rings. The van der Waals surface area contributed by atoms with Crippen molar-refractivity contribution in [3.05, 3.63) is 65.7 Å². The molecular formula is C15H14FN3O2. The molecule has 0 bridgehead atoms. The van der Waals surface area contributed by atoms with Crippen molar-refractivity contribution in [1.82, 2.24) is 10.3 Å². The number of pyridine rings is 1. The predicted molar refractivity (Wildman–Crippen MR) is 74.8 cm³/mol. The van der Waals surface area contributed by atoms with Crippen LogP contribution in [0.3, 0.4) is 0 Å². The van der Waals surface area contributed by atoms with Crippen LogP contribution >= 0.6 is 0 Å². The Morgan fingerprint density at radius 2 is 1.95 bits per heavy atom. The van der Waals surface area contributed by atoms with Gasteiger partial charge in [-0.25, -0.2) is 4.39 Å². The molecule has 0 saturated heterocycles. The highest BCUT2D eigenvalue weighted by Gasteiger charge is 2.19. The molecule has 5 nitrogen and oxygen atoms in total. The second-order valence-corrected chi connectivity index (χ2v) is 4.50. The number of rotatable bonds is 5. The maximum atomic E-state index is 13.1. The number of amides is 2. The number of carbonyl (C=O) groups excluding carboxylic acids is 2. The molecule has 0 aliphatic heterocycles. The van der Waals surface area contributed by atoms with Gasteiger partial charge in [0.25, 0.3) is 5.91 Å². The topological polar surface area (TPSA) is 85.1 Å². The molecule has 3 N–H and O–H groups in total. The third kappa shape index (κ3) is 4.10. The van der Waals surface area contributed by atoms with Crippen LogP contribution in [0.4, 0.5) is 4.39 Å². The molecule has 21 heavy (non-hydrogen) atoms. The van der Waals surface area contributed by atoms with Crippen LogP contribution in [-0.2, 0) is 11.2 Å². The van der Waals surface area contributed by atoms with E-state index in [1.165, 1.54) is 42.7 Å². The first-order valence-corrected chi connectivity index (χ1v) is 6.31. The highest BCUT2D eigenvalue weighted by Crippen LogP contribution is 2.07. The summed E-state index contributed by atoms with van der Waals surface area (Å²) < 4.78 is 13.1. The molecule has 1 heterocycles. The van der Waals surface area contributed by atoms with Crippen molar-refractivity contribution < 1.29 is 14.0 Å². The van der Waals surface area contributed by atoms with Gasteiger partial charge >= 0.3 is 0 Å². The summed E-state index contributed by atoms with van der Waals surface area (Å²) in [5, 5.41) is 2.54. The molecule has 1 atom stereocenters. The van der Waals surface area contributed by atoms with E-state index in [1.54, 1.807) is 6.07 Å². The highest BCUT2D eigenvalue weighted by atomic mass is 19.1. The number of primary amides is 1. The Labute approximate surface area is 121 Å². The zero-order valence-corrected chi connectivity index (χ0v) is 11.1. The summed E-state index contributed by atoms with van der Waals surface area (Å²) in [6, 6.07) is 7.94. The molecule has 1 aromatic heterocycles. The zero-order chi connectivity index (χ0) is 15.2. The van der Waals surface area contributed by atoms with E-state index in [2.05, 4.69) is 10.3 Å². The van der Waals surface area contributed by atoms with E-state index in [1.807, 2.05) is 0 Å². The molecule has 0 unspecified atom stereocenters. The maximum absolute atomic E-state index is 13.1. The number of carbonyl (C=O) groups is 2. The molecule has 0 spiro atoms. The number of aromatic nitrogens is 1. The Hall–Kier alpha value is -2.76. The van der Waals surface area contributed by atoms with Gasteiger partial charge in [-0.1, -0.05) is 12.1 Å². The van der Waals surface area contributed by atoms with Crippen molar-refractivity contribution in [3.63, 3.8) is 0 Å². The van der Waals surface area contributed by atoms with Gasteiger partial charge in [-0.05, 0) is 29.8 Å². The van der Waals surface area contributed by atoms with Crippen LogP contribution < -0.4 is 11.1 Å². The molecule has 2 rings (SSSR count). The molecular weight excluding hydrogens is 273 g/mol. The summed E-state index contributed by atoms with van der Waals surface area (Å²) in [6.07, 6.45) is 3.07. The quantitative estimate of drug-likeness (QED) is 0.862. The lowest BCUT2D eigenvalue weighted by Crippen LogP contribution is -2.45. The van der Waals surface area contributed by atoms with Crippen LogP contribution in [0.15, 0.2) is 48.8 Å². The highest BCUT2D eigenvalue weighted by molar-refractivity contribution is 5.97. The van der Waals surface area contributed by atoms with Gasteiger partial charge in [0.2, 0.25) is 5.91 Å². The molecule has 2 amide bonds. The third-order valence-electron chi connectivity index (χ3n) is 2.92. The number of nitrogens with one attached hydrogen (secondary N) is 1. The van der Waals surface area contributed by atoms with Crippen LogP contribution in [0.25, 0.3) is 0 Å². The van der Waals surface area contributed by atoms with Crippen LogP contribution in [0.5, 0.6) is 0 Å². The van der Waals surface area contributed by atoms with Gasteiger partial charge in [-0.3, -0.25) is 14.6 Å². The number of nitrogens with two attached hydrogens (primary N) is 1. The van der Waals surface area contributed by atoms with Gasteiger partial charge in [0.15, 0.2) is 0 Å². The van der Waals surface area contributed by atoms with Gasteiger partial charge in [0.05, 0.1) is 0 Å². The van der Waals surface area contributed by atoms with Gasteiger partial charge in [0.1, 0.15) is 11.9 Å². The number of hydrogen-bond donors (Lipinski definition) is 2. The summed E-state index contributed by atoms with van der Waals surface area (Å²) in [7, 11) is 0. The molecule has 0 saturated carbocycles. The predicted octanol–water partition coefficient (Wildman–Crippen LogP) is 1.05. The lowest BCUT2D eigenvalue weighted by atomic mass is 10.0. The summed E-state index contributed by atoms with van der Waals surface area (Å²) in [5.74, 6) is -1.52. The summed E-state index contributed by atoms with van der Waals surface area (Å²) >= 11 is 0. The smallest absolute Gasteiger partial charge is 0.252 e. The van der Waals surface area contributed by atoms with Gasteiger partial charge in [0, 0.05) is 24.4 Å². The van der Waals surface area contributed by atoms with Crippen molar-refractivity contribution in [2.24, 2.45) is 5.73 Å². The maximum Gasteiger partial charge on any atom is 0.252 e. The van der Waals surface area contributed by atoms with Crippen molar-refractivity contribution in [2.45, 2.75) is 12.5 Å². The van der Waals surface area contributed by atoms with E-state index in [0.717, 1.165) is 0 Å². The summed E-state index contributed by atoms with van der Waals surface area (Å²) in [5.41, 5.74) is 6.24. The number of nitrogens with zero attached hydrogens (tertiary/aromatic N) is 1. The molecule has 6 heteroatoms. The molecule has 0 radical (unpaired) electrons. The van der Waals surface area contributed by atoms with E-state index >= 15 is 0 Å². The first-order valence-electron chi connectivity index (χ1n) is 6.31. The Morgan fingerprint density at radius 1 is 1.24 bits per heavy atom. The first-order chi connectivity index (χ1) is 10.1. The van der Waals surface area contributed by atoms with Crippen molar-refractivity contribution in [3.8, 4) is 0 Å². The molecule has 0 fully saturated rings. The Morgan fingerprint density at radius 3 is 2.57 bits per heavy atom. The van der Waals surface area contributed by atoms with Gasteiger partial charge in [-0.15, -0.1) is 0 Å². The van der Waals surface area contributed by atoms with Crippen molar-refractivity contribution >= 4 is 11.8 Å². The average molecular weight is 287 g/mol. The van der Waals surface area contributed by atoms with Crippen LogP contribution in [0.2, 0.25) is 0 Å². The molecule has 108 valence electrons. The first kappa shape index (κ1) is 14.6. The van der Waals surface area contributed by atoms with Crippen LogP contribution in [0.1, 0.15) is 15.9 Å². The lowest BCUT2D eigenvalue weighted by molar-refractivity contribution is -0.119. The third-order valence-corrected chi connectivity index (χ3v) is 2.92. The van der Waals surface area contributed by atoms with Gasteiger partial charge < -0.3 is 11.1 Å². The zero-order valence-electron chi connectivity index (χ0n) is 11.1. The SMILES string of the molecule is NC(=O)[C@@H](Cc1cccc(F)c1)NC(=O)c1ccncc1. The minimum absolute atomic E-state index is 0.129. The fraction of sp³-hybridized carbons (Fsp3) is 0.133. The Bertz CT molecular complexity index is 646. The average Bonchev–Trinajstić information content (AvgIpc) is 2.47. The van der Waals surface area contributed by atoms with Crippen molar-refractivity contribution in [2.75, 3.05) is 0 Å². The molecule has 2 aromatic rings. The van der Waals surface area contributed by atoms with Crippen LogP contribution in [-0.4, -0.2) is 22.8 Å². The fourth-order valence-electron chi connectivity index (χ4n) is 1.87. The lowest BCUT2D eigenvalue weighted by Gasteiger charge is -2.15. The van der Waals surface area contributed by atoms with E-state index in [4.69, 9.17) is 5.73 Å². The van der Waals surface area contributed by atoms with E-state index < -0.39 is 23.7 Å². The summed E-state index contributed by atoms with van der Waals surface area (Å²) in [4.78, 5) is 27.3. The molecule has 0 aliphatic carbocycles.